The number of amides is 2. The molecule has 3 aliphatic rings. The summed E-state index contributed by atoms with van der Waals surface area (Å²) < 4.78 is 0. The number of hydrogen-bond donors (Lipinski definition) is 0. The smallest absolute Gasteiger partial charge is 0.233 e. The van der Waals surface area contributed by atoms with Gasteiger partial charge >= 0.3 is 0 Å². The maximum atomic E-state index is 11.7. The van der Waals surface area contributed by atoms with Crippen LogP contribution in [0.2, 0.25) is 0 Å². The van der Waals surface area contributed by atoms with Crippen LogP contribution in [0.3, 0.4) is 0 Å². The maximum absolute atomic E-state index is 11.7. The second-order valence-electron chi connectivity index (χ2n) is 4.24. The molecule has 3 rings (SSSR count). The minimum atomic E-state index is -0.0208. The van der Waals surface area contributed by atoms with Crippen molar-refractivity contribution in [2.75, 3.05) is 7.05 Å². The lowest BCUT2D eigenvalue weighted by Crippen LogP contribution is -2.28. The van der Waals surface area contributed by atoms with Crippen molar-refractivity contribution in [3.05, 3.63) is 12.2 Å². The van der Waals surface area contributed by atoms with Crippen molar-refractivity contribution < 1.29 is 9.59 Å². The molecule has 0 aromatic carbocycles. The zero-order valence-electron chi connectivity index (χ0n) is 7.43. The van der Waals surface area contributed by atoms with Crippen molar-refractivity contribution in [3.8, 4) is 0 Å². The number of carbonyl (C=O) groups is 2. The van der Waals surface area contributed by atoms with Crippen LogP contribution in [0.1, 0.15) is 6.42 Å². The van der Waals surface area contributed by atoms with Gasteiger partial charge in [-0.2, -0.15) is 0 Å². The first kappa shape index (κ1) is 7.30. The molecule has 4 unspecified atom stereocenters. The summed E-state index contributed by atoms with van der Waals surface area (Å²) in [5, 5.41) is 0. The Hall–Kier alpha value is -1.12. The first-order valence-corrected chi connectivity index (χ1v) is 4.70. The highest BCUT2D eigenvalue weighted by molar-refractivity contribution is 6.06. The van der Waals surface area contributed by atoms with Gasteiger partial charge in [0.25, 0.3) is 0 Å². The highest BCUT2D eigenvalue weighted by Crippen LogP contribution is 2.52. The van der Waals surface area contributed by atoms with E-state index < -0.39 is 0 Å². The van der Waals surface area contributed by atoms with Crippen molar-refractivity contribution in [1.82, 2.24) is 4.90 Å². The van der Waals surface area contributed by atoms with E-state index in [4.69, 9.17) is 0 Å². The molecule has 2 fully saturated rings. The Morgan fingerprint density at radius 1 is 1.15 bits per heavy atom. The average molecular weight is 177 g/mol. The van der Waals surface area contributed by atoms with E-state index in [1.54, 1.807) is 7.05 Å². The van der Waals surface area contributed by atoms with Gasteiger partial charge < -0.3 is 0 Å². The normalized spacial score (nSPS) is 46.4. The standard InChI is InChI=1S/C10H11NO2/c1-11-9(12)7-5-2-3-6(4-5)8(7)10(11)13/h2-3,5-8H,4H2,1H3. The Kier molecular flexibility index (Phi) is 1.14. The fraction of sp³-hybridized carbons (Fsp3) is 0.600. The van der Waals surface area contributed by atoms with E-state index in [1.807, 2.05) is 0 Å². The topological polar surface area (TPSA) is 37.4 Å². The third kappa shape index (κ3) is 0.666. The van der Waals surface area contributed by atoms with Crippen LogP contribution in [0.25, 0.3) is 0 Å². The van der Waals surface area contributed by atoms with Crippen LogP contribution in [0.4, 0.5) is 0 Å². The minimum absolute atomic E-state index is 0.0208. The molecule has 0 N–H and O–H groups in total. The molecule has 2 amide bonds. The van der Waals surface area contributed by atoms with E-state index in [9.17, 15) is 9.59 Å². The molecule has 3 nitrogen and oxygen atoms in total. The van der Waals surface area contributed by atoms with Crippen LogP contribution >= 0.6 is 0 Å². The highest BCUT2D eigenvalue weighted by Gasteiger charge is 2.58. The second kappa shape index (κ2) is 2.03. The molecule has 68 valence electrons. The van der Waals surface area contributed by atoms with Crippen LogP contribution in [-0.2, 0) is 9.59 Å². The van der Waals surface area contributed by atoms with E-state index in [2.05, 4.69) is 12.2 Å². The van der Waals surface area contributed by atoms with Gasteiger partial charge in [-0.15, -0.1) is 0 Å². The van der Waals surface area contributed by atoms with E-state index in [-0.39, 0.29) is 23.7 Å². The first-order chi connectivity index (χ1) is 6.20. The van der Waals surface area contributed by atoms with Gasteiger partial charge in [-0.1, -0.05) is 12.2 Å². The Balaban J connectivity index is 2.08. The fourth-order valence-electron chi connectivity index (χ4n) is 3.05. The molecular formula is C10H11NO2. The van der Waals surface area contributed by atoms with Crippen molar-refractivity contribution >= 4 is 11.8 Å². The maximum Gasteiger partial charge on any atom is 0.233 e. The number of rotatable bonds is 0. The van der Waals surface area contributed by atoms with Crippen LogP contribution in [0, 0.1) is 23.7 Å². The molecule has 0 aromatic rings. The summed E-state index contributed by atoms with van der Waals surface area (Å²) in [6.07, 6.45) is 5.23. The van der Waals surface area contributed by atoms with Gasteiger partial charge in [0, 0.05) is 7.05 Å². The molecule has 2 aliphatic carbocycles. The lowest BCUT2D eigenvalue weighted by atomic mass is 9.85. The number of fused-ring (bicyclic) bond motifs is 5. The lowest BCUT2D eigenvalue weighted by Gasteiger charge is -2.14. The van der Waals surface area contributed by atoms with Crippen LogP contribution < -0.4 is 0 Å². The van der Waals surface area contributed by atoms with Gasteiger partial charge in [0.1, 0.15) is 0 Å². The van der Waals surface area contributed by atoms with Gasteiger partial charge in [0.05, 0.1) is 11.8 Å². The minimum Gasteiger partial charge on any atom is -0.285 e. The van der Waals surface area contributed by atoms with Crippen molar-refractivity contribution in [3.63, 3.8) is 0 Å². The van der Waals surface area contributed by atoms with Gasteiger partial charge in [-0.3, -0.25) is 14.5 Å². The molecular weight excluding hydrogens is 166 g/mol. The number of hydrogen-bond acceptors (Lipinski definition) is 2. The monoisotopic (exact) mass is 177 g/mol. The van der Waals surface area contributed by atoms with E-state index in [0.717, 1.165) is 6.42 Å². The Bertz CT molecular complexity index is 304. The largest absolute Gasteiger partial charge is 0.285 e. The molecule has 1 saturated carbocycles. The summed E-state index contributed by atoms with van der Waals surface area (Å²) in [5.74, 6) is 0.714. The number of allylic oxidation sites excluding steroid dienone is 2. The summed E-state index contributed by atoms with van der Waals surface area (Å²) in [7, 11) is 1.60. The third-order valence-electron chi connectivity index (χ3n) is 3.69. The molecule has 1 heterocycles. The molecule has 3 heteroatoms. The molecule has 0 spiro atoms. The predicted molar refractivity (Wildman–Crippen MR) is 45.5 cm³/mol. The van der Waals surface area contributed by atoms with Gasteiger partial charge in [-0.05, 0) is 18.3 Å². The van der Waals surface area contributed by atoms with Crippen LogP contribution in [0.15, 0.2) is 12.2 Å². The summed E-state index contributed by atoms with van der Waals surface area (Å²) in [6.45, 7) is 0. The van der Waals surface area contributed by atoms with E-state index in [0.29, 0.717) is 11.8 Å². The molecule has 0 radical (unpaired) electrons. The highest BCUT2D eigenvalue weighted by atomic mass is 16.2. The quantitative estimate of drug-likeness (QED) is 0.397. The van der Waals surface area contributed by atoms with Crippen molar-refractivity contribution in [1.29, 1.82) is 0 Å². The second-order valence-corrected chi connectivity index (χ2v) is 4.24. The van der Waals surface area contributed by atoms with Crippen LogP contribution in [-0.4, -0.2) is 23.8 Å². The Morgan fingerprint density at radius 3 is 2.08 bits per heavy atom. The summed E-state index contributed by atoms with van der Waals surface area (Å²) in [5.41, 5.74) is 0. The number of nitrogens with zero attached hydrogens (tertiary/aromatic N) is 1. The average Bonchev–Trinajstić information content (AvgIpc) is 2.76. The van der Waals surface area contributed by atoms with Crippen LogP contribution in [0.5, 0.6) is 0 Å². The Labute approximate surface area is 76.4 Å². The number of carbonyl (C=O) groups excluding carboxylic acids is 2. The van der Waals surface area contributed by atoms with Gasteiger partial charge in [-0.25, -0.2) is 0 Å². The summed E-state index contributed by atoms with van der Waals surface area (Å²) in [4.78, 5) is 24.6. The molecule has 13 heavy (non-hydrogen) atoms. The fourth-order valence-corrected chi connectivity index (χ4v) is 3.05. The molecule has 1 saturated heterocycles. The summed E-state index contributed by atoms with van der Waals surface area (Å²) >= 11 is 0. The number of likely N-dealkylation sites (tertiary alicyclic amines) is 1. The lowest BCUT2D eigenvalue weighted by molar-refractivity contribution is -0.138. The van der Waals surface area contributed by atoms with Crippen molar-refractivity contribution in [2.45, 2.75) is 6.42 Å². The molecule has 1 aliphatic heterocycles. The van der Waals surface area contributed by atoms with Gasteiger partial charge in [0.15, 0.2) is 0 Å². The van der Waals surface area contributed by atoms with Gasteiger partial charge in [0.2, 0.25) is 11.8 Å². The molecule has 2 bridgehead atoms. The molecule has 4 atom stereocenters. The first-order valence-electron chi connectivity index (χ1n) is 4.70. The SMILES string of the molecule is CN1C(=O)C2C3C=CC(C3)C2C1=O. The summed E-state index contributed by atoms with van der Waals surface area (Å²) in [6, 6.07) is 0. The third-order valence-corrected chi connectivity index (χ3v) is 3.69. The van der Waals surface area contributed by atoms with E-state index in [1.165, 1.54) is 4.90 Å². The number of imide groups is 1. The molecule has 0 aromatic heterocycles. The zero-order valence-corrected chi connectivity index (χ0v) is 7.43. The Morgan fingerprint density at radius 2 is 1.62 bits per heavy atom. The predicted octanol–water partition coefficient (Wildman–Crippen LogP) is 0.423. The zero-order chi connectivity index (χ0) is 9.16. The van der Waals surface area contributed by atoms with E-state index >= 15 is 0 Å². The van der Waals surface area contributed by atoms with Crippen molar-refractivity contribution in [2.24, 2.45) is 23.7 Å².